The lowest BCUT2D eigenvalue weighted by molar-refractivity contribution is -0.440. The van der Waals surface area contributed by atoms with Gasteiger partial charge in [-0.1, -0.05) is 131 Å². The lowest BCUT2D eigenvalue weighted by Crippen LogP contribution is -2.32. The molecule has 0 amide bonds. The number of ether oxygens (including phenoxy) is 1. The van der Waals surface area contributed by atoms with E-state index in [4.69, 9.17) is 4.74 Å². The van der Waals surface area contributed by atoms with Crippen molar-refractivity contribution >= 4 is 17.1 Å². The lowest BCUT2D eigenvalue weighted by Gasteiger charge is -2.29. The van der Waals surface area contributed by atoms with E-state index in [9.17, 15) is 0 Å². The van der Waals surface area contributed by atoms with Crippen molar-refractivity contribution in [3.63, 3.8) is 0 Å². The molecule has 2 aliphatic heterocycles. The number of benzene rings is 3. The van der Waals surface area contributed by atoms with Gasteiger partial charge in [-0.2, -0.15) is 4.58 Å². The van der Waals surface area contributed by atoms with Gasteiger partial charge in [0.05, 0.1) is 5.41 Å². The minimum Gasteiger partial charge on any atom is -0.487 e. The Kier molecular flexibility index (Phi) is 11.4. The maximum absolute atomic E-state index is 6.27. The number of rotatable bonds is 17. The van der Waals surface area contributed by atoms with E-state index in [0.717, 1.165) is 38.1 Å². The van der Waals surface area contributed by atoms with Crippen molar-refractivity contribution in [3.05, 3.63) is 138 Å². The highest BCUT2D eigenvalue weighted by Gasteiger charge is 2.47. The third-order valence-corrected chi connectivity index (χ3v) is 11.4. The smallest absolute Gasteiger partial charge is 0.209 e. The van der Waals surface area contributed by atoms with Crippen LogP contribution in [0.4, 0.5) is 11.4 Å². The molecule has 0 fully saturated rings. The second-order valence-corrected chi connectivity index (χ2v) is 14.6. The first kappa shape index (κ1) is 34.7. The van der Waals surface area contributed by atoms with E-state index in [1.165, 1.54) is 72.4 Å². The molecule has 0 spiro atoms. The number of hydrogen-bond donors (Lipinski definition) is 0. The van der Waals surface area contributed by atoms with Crippen molar-refractivity contribution < 1.29 is 9.31 Å². The van der Waals surface area contributed by atoms with Gasteiger partial charge in [-0.05, 0) is 75.3 Å². The Morgan fingerprint density at radius 3 is 2.24 bits per heavy atom. The molecule has 6 rings (SSSR count). The number of hydrogen-bond acceptors (Lipinski definition) is 2. The highest BCUT2D eigenvalue weighted by atomic mass is 16.5. The third kappa shape index (κ3) is 7.42. The van der Waals surface area contributed by atoms with E-state index in [0.29, 0.717) is 12.5 Å². The van der Waals surface area contributed by atoms with Crippen molar-refractivity contribution in [1.29, 1.82) is 0 Å². The van der Waals surface area contributed by atoms with E-state index in [-0.39, 0.29) is 10.8 Å². The predicted molar refractivity (Wildman–Crippen MR) is 209 cm³/mol. The largest absolute Gasteiger partial charge is 0.487 e. The first-order valence-electron chi connectivity index (χ1n) is 19.0. The summed E-state index contributed by atoms with van der Waals surface area (Å²) < 4.78 is 8.80. The topological polar surface area (TPSA) is 15.5 Å². The van der Waals surface area contributed by atoms with Gasteiger partial charge in [0.25, 0.3) is 0 Å². The third-order valence-electron chi connectivity index (χ3n) is 11.4. The maximum Gasteiger partial charge on any atom is 0.209 e. The Morgan fingerprint density at radius 2 is 1.47 bits per heavy atom. The van der Waals surface area contributed by atoms with Crippen LogP contribution in [0.15, 0.2) is 127 Å². The number of anilines is 1. The summed E-state index contributed by atoms with van der Waals surface area (Å²) in [5, 5.41) is 0. The molecule has 2 heterocycles. The predicted octanol–water partition coefficient (Wildman–Crippen LogP) is 11.6. The summed E-state index contributed by atoms with van der Waals surface area (Å²) in [6.45, 7) is 12.0. The molecule has 3 heteroatoms. The van der Waals surface area contributed by atoms with Crippen molar-refractivity contribution in [3.8, 4) is 5.75 Å². The van der Waals surface area contributed by atoms with Crippen molar-refractivity contribution in [1.82, 2.24) is 0 Å². The average molecular weight is 654 g/mol. The first-order chi connectivity index (χ1) is 24.0. The van der Waals surface area contributed by atoms with Gasteiger partial charge in [0.2, 0.25) is 5.69 Å². The number of unbranched alkanes of at least 4 members (excludes halogenated alkanes) is 5. The summed E-state index contributed by atoms with van der Waals surface area (Å²) >= 11 is 0. The van der Waals surface area contributed by atoms with Gasteiger partial charge >= 0.3 is 0 Å². The van der Waals surface area contributed by atoms with Crippen LogP contribution in [0.2, 0.25) is 0 Å². The van der Waals surface area contributed by atoms with Crippen LogP contribution in [-0.4, -0.2) is 30.0 Å². The van der Waals surface area contributed by atoms with Gasteiger partial charge < -0.3 is 9.64 Å². The Labute approximate surface area is 296 Å². The van der Waals surface area contributed by atoms with Gasteiger partial charge in [-0.25, -0.2) is 0 Å². The van der Waals surface area contributed by atoms with Crippen molar-refractivity contribution in [2.75, 3.05) is 24.6 Å². The summed E-state index contributed by atoms with van der Waals surface area (Å²) in [5.41, 5.74) is 8.26. The summed E-state index contributed by atoms with van der Waals surface area (Å²) in [6, 6.07) is 28.4. The lowest BCUT2D eigenvalue weighted by atomic mass is 9.74. The summed E-state index contributed by atoms with van der Waals surface area (Å²) in [7, 11) is 0. The zero-order valence-electron chi connectivity index (χ0n) is 30.4. The Bertz CT molecular complexity index is 1700. The summed E-state index contributed by atoms with van der Waals surface area (Å²) in [5.74, 6) is 1.43. The molecule has 1 aliphatic carbocycles. The first-order valence-corrected chi connectivity index (χ1v) is 19.0. The monoisotopic (exact) mass is 653 g/mol. The molecular weight excluding hydrogens is 597 g/mol. The molecule has 0 N–H and O–H groups in total. The Hall–Kier alpha value is -4.11. The van der Waals surface area contributed by atoms with Crippen LogP contribution in [0.5, 0.6) is 5.75 Å². The summed E-state index contributed by atoms with van der Waals surface area (Å²) in [6.07, 6.45) is 27.4. The van der Waals surface area contributed by atoms with Crippen LogP contribution < -0.4 is 9.64 Å². The molecule has 3 aromatic carbocycles. The van der Waals surface area contributed by atoms with Gasteiger partial charge in [0.1, 0.15) is 12.4 Å². The second-order valence-electron chi connectivity index (χ2n) is 14.6. The summed E-state index contributed by atoms with van der Waals surface area (Å²) in [4.78, 5) is 2.64. The van der Waals surface area contributed by atoms with Crippen LogP contribution >= 0.6 is 0 Å². The minimum absolute atomic E-state index is 0.0138. The van der Waals surface area contributed by atoms with Gasteiger partial charge in [0, 0.05) is 41.1 Å². The number of allylic oxidation sites excluding steroid dienone is 8. The van der Waals surface area contributed by atoms with Crippen molar-refractivity contribution in [2.24, 2.45) is 5.92 Å². The van der Waals surface area contributed by atoms with Crippen LogP contribution in [0, 0.1) is 5.92 Å². The fourth-order valence-corrected chi connectivity index (χ4v) is 8.32. The van der Waals surface area contributed by atoms with Crippen molar-refractivity contribution in [2.45, 2.75) is 96.3 Å². The van der Waals surface area contributed by atoms with Crippen LogP contribution in [0.3, 0.4) is 0 Å². The Balaban J connectivity index is 1.34. The van der Waals surface area contributed by atoms with Crippen LogP contribution in [-0.2, 0) is 10.8 Å². The number of para-hydroxylation sites is 3. The molecular formula is C46H57N2O+. The molecule has 0 saturated carbocycles. The molecule has 2 unspecified atom stereocenters. The van der Waals surface area contributed by atoms with E-state index in [1.807, 2.05) is 30.3 Å². The van der Waals surface area contributed by atoms with E-state index in [2.05, 4.69) is 128 Å². The number of nitrogens with zero attached hydrogens (tertiary/aromatic N) is 2. The molecule has 3 aliphatic rings. The fourth-order valence-electron chi connectivity index (χ4n) is 8.32. The quantitative estimate of drug-likeness (QED) is 0.106. The minimum atomic E-state index is -0.104. The normalized spacial score (nSPS) is 22.2. The molecule has 0 aromatic heterocycles. The molecule has 0 bridgehead atoms. The molecule has 0 saturated heterocycles. The molecule has 3 aromatic rings. The van der Waals surface area contributed by atoms with Crippen LogP contribution in [0.25, 0.3) is 0 Å². The highest BCUT2D eigenvalue weighted by molar-refractivity contribution is 6.03. The zero-order chi connectivity index (χ0) is 34.1. The Morgan fingerprint density at radius 1 is 0.776 bits per heavy atom. The van der Waals surface area contributed by atoms with Gasteiger partial charge in [0.15, 0.2) is 12.3 Å². The molecule has 3 nitrogen and oxygen atoms in total. The van der Waals surface area contributed by atoms with E-state index < -0.39 is 0 Å². The highest BCUT2D eigenvalue weighted by Crippen LogP contribution is 2.50. The number of fused-ring (bicyclic) bond motifs is 2. The zero-order valence-corrected chi connectivity index (χ0v) is 30.4. The SMILES string of the molecule is CCCCCCCCN1C(=CC=CC2=[N+](CCOc3ccccc3)c3ccccc3C2(C)CCC2C=CC=C2)C(C)(CC)c2ccccc21. The van der Waals surface area contributed by atoms with Gasteiger partial charge in [-0.15, -0.1) is 0 Å². The van der Waals surface area contributed by atoms with Crippen LogP contribution in [0.1, 0.15) is 96.6 Å². The fraction of sp³-hybridized carbons (Fsp3) is 0.413. The van der Waals surface area contributed by atoms with E-state index in [1.54, 1.807) is 0 Å². The van der Waals surface area contributed by atoms with Gasteiger partial charge in [-0.3, -0.25) is 0 Å². The average Bonchev–Trinajstić information content (AvgIpc) is 3.81. The molecule has 2 atom stereocenters. The maximum atomic E-state index is 6.27. The second kappa shape index (κ2) is 16.1. The molecule has 256 valence electrons. The molecule has 0 radical (unpaired) electrons. The van der Waals surface area contributed by atoms with E-state index >= 15 is 0 Å². The standard InChI is InChI=1S/C46H57N2O/c1-5-7-8-9-10-20-34-47-41-28-18-16-26-39(41)45(3,6-2)43(47)30-21-31-44-46(4,33-32-37-22-14-15-23-37)40-27-17-19-29-42(40)48(44)35-36-49-38-24-12-11-13-25-38/h11-19,21-31,37H,5-10,20,32-36H2,1-4H3/q+1. The molecule has 49 heavy (non-hydrogen) atoms.